The number of carboxylic acid groups (broad SMARTS) is 1. The first-order valence-electron chi connectivity index (χ1n) is 8.95. The van der Waals surface area contributed by atoms with Gasteiger partial charge in [0.25, 0.3) is 0 Å². The van der Waals surface area contributed by atoms with Gasteiger partial charge in [0.15, 0.2) is 0 Å². The van der Waals surface area contributed by atoms with Crippen LogP contribution in [-0.4, -0.2) is 65.2 Å². The van der Waals surface area contributed by atoms with Crippen LogP contribution in [-0.2, 0) is 15.4 Å². The lowest BCUT2D eigenvalue weighted by Crippen LogP contribution is -2.46. The molecule has 1 aromatic rings. The Morgan fingerprint density at radius 2 is 1.85 bits per heavy atom. The summed E-state index contributed by atoms with van der Waals surface area (Å²) in [5.74, 6) is -0.493. The summed E-state index contributed by atoms with van der Waals surface area (Å²) in [6.45, 7) is 7.85. The molecular formula is C17H26N4O4S. The number of hydrogen-bond acceptors (Lipinski definition) is 6. The van der Waals surface area contributed by atoms with Gasteiger partial charge in [-0.1, -0.05) is 20.8 Å². The van der Waals surface area contributed by atoms with Crippen LogP contribution in [0.15, 0.2) is 6.07 Å². The van der Waals surface area contributed by atoms with E-state index >= 15 is 0 Å². The first kappa shape index (κ1) is 19.0. The summed E-state index contributed by atoms with van der Waals surface area (Å²) >= 11 is 0. The number of nitrogens with zero attached hydrogens (tertiary/aromatic N) is 4. The number of sulfonamides is 1. The van der Waals surface area contributed by atoms with Crippen LogP contribution in [0.25, 0.3) is 0 Å². The van der Waals surface area contributed by atoms with Crippen molar-refractivity contribution < 1.29 is 18.3 Å². The molecule has 0 unspecified atom stereocenters. The molecule has 0 aromatic carbocycles. The number of hydrogen-bond donors (Lipinski definition) is 1. The Morgan fingerprint density at radius 3 is 2.35 bits per heavy atom. The molecule has 0 amide bonds. The molecular weight excluding hydrogens is 356 g/mol. The summed E-state index contributed by atoms with van der Waals surface area (Å²) in [6, 6.07) is 1.88. The second-order valence-electron chi connectivity index (χ2n) is 7.99. The summed E-state index contributed by atoms with van der Waals surface area (Å²) < 4.78 is 25.9. The Kier molecular flexibility index (Phi) is 4.96. The highest BCUT2D eigenvalue weighted by atomic mass is 32.2. The standard InChI is InChI=1S/C17H26N4O4S/c1-17(2,3)13-11-14(19-15(18-13)16(22)23)20-8-5-12(6-9-20)21-7-4-10-26(21,24)25/h11-12H,4-10H2,1-3H3,(H,22,23). The largest absolute Gasteiger partial charge is 0.475 e. The molecule has 26 heavy (non-hydrogen) atoms. The lowest BCUT2D eigenvalue weighted by molar-refractivity contribution is 0.0683. The number of aromatic nitrogens is 2. The van der Waals surface area contributed by atoms with Gasteiger partial charge in [-0.25, -0.2) is 23.2 Å². The maximum Gasteiger partial charge on any atom is 0.374 e. The van der Waals surface area contributed by atoms with Crippen LogP contribution in [0.1, 0.15) is 56.3 Å². The van der Waals surface area contributed by atoms with E-state index in [9.17, 15) is 18.3 Å². The highest BCUT2D eigenvalue weighted by Gasteiger charge is 2.36. The lowest BCUT2D eigenvalue weighted by atomic mass is 9.91. The van der Waals surface area contributed by atoms with Gasteiger partial charge in [-0.05, 0) is 19.3 Å². The molecule has 144 valence electrons. The van der Waals surface area contributed by atoms with Gasteiger partial charge in [-0.15, -0.1) is 0 Å². The van der Waals surface area contributed by atoms with Crippen LogP contribution in [0, 0.1) is 0 Å². The SMILES string of the molecule is CC(C)(C)c1cc(N2CCC(N3CCCS3(=O)=O)CC2)nc(C(=O)O)n1. The molecule has 2 fully saturated rings. The van der Waals surface area contributed by atoms with Crippen LogP contribution in [0.2, 0.25) is 0 Å². The molecule has 0 bridgehead atoms. The molecule has 0 saturated carbocycles. The van der Waals surface area contributed by atoms with E-state index in [1.165, 1.54) is 0 Å². The van der Waals surface area contributed by atoms with Crippen LogP contribution in [0.5, 0.6) is 0 Å². The fourth-order valence-corrected chi connectivity index (χ4v) is 5.33. The van der Waals surface area contributed by atoms with Crippen LogP contribution >= 0.6 is 0 Å². The molecule has 0 radical (unpaired) electrons. The molecule has 0 aliphatic carbocycles. The van der Waals surface area contributed by atoms with Crippen molar-refractivity contribution in [2.75, 3.05) is 30.3 Å². The van der Waals surface area contributed by atoms with E-state index in [2.05, 4.69) is 9.97 Å². The number of aromatic carboxylic acids is 1. The van der Waals surface area contributed by atoms with Crippen molar-refractivity contribution in [3.05, 3.63) is 17.6 Å². The quantitative estimate of drug-likeness (QED) is 0.844. The molecule has 3 rings (SSSR count). The predicted octanol–water partition coefficient (Wildman–Crippen LogP) is 1.48. The molecule has 3 heterocycles. The van der Waals surface area contributed by atoms with Crippen molar-refractivity contribution in [1.29, 1.82) is 0 Å². The third-order valence-electron chi connectivity index (χ3n) is 5.01. The number of piperidine rings is 1. The van der Waals surface area contributed by atoms with Crippen molar-refractivity contribution in [2.24, 2.45) is 0 Å². The molecule has 2 saturated heterocycles. The normalized spacial score (nSPS) is 21.9. The summed E-state index contributed by atoms with van der Waals surface area (Å²) in [7, 11) is -3.10. The van der Waals surface area contributed by atoms with Crippen LogP contribution in [0.3, 0.4) is 0 Å². The zero-order chi connectivity index (χ0) is 19.1. The summed E-state index contributed by atoms with van der Waals surface area (Å²) in [5.41, 5.74) is 0.397. The molecule has 2 aliphatic rings. The maximum atomic E-state index is 12.1. The molecule has 2 aliphatic heterocycles. The summed E-state index contributed by atoms with van der Waals surface area (Å²) in [4.78, 5) is 21.8. The third kappa shape index (κ3) is 3.83. The van der Waals surface area contributed by atoms with Crippen LogP contribution < -0.4 is 4.90 Å². The fraction of sp³-hybridized carbons (Fsp3) is 0.706. The van der Waals surface area contributed by atoms with Crippen molar-refractivity contribution in [3.8, 4) is 0 Å². The highest BCUT2D eigenvalue weighted by molar-refractivity contribution is 7.89. The second-order valence-corrected chi connectivity index (χ2v) is 10.0. The first-order chi connectivity index (χ1) is 12.1. The minimum Gasteiger partial charge on any atom is -0.475 e. The molecule has 1 N–H and O–H groups in total. The van der Waals surface area contributed by atoms with E-state index in [0.717, 1.165) is 12.8 Å². The van der Waals surface area contributed by atoms with Gasteiger partial charge in [0.2, 0.25) is 15.8 Å². The van der Waals surface area contributed by atoms with Crippen molar-refractivity contribution in [2.45, 2.75) is 51.5 Å². The highest BCUT2D eigenvalue weighted by Crippen LogP contribution is 2.28. The van der Waals surface area contributed by atoms with Gasteiger partial charge >= 0.3 is 5.97 Å². The third-order valence-corrected chi connectivity index (χ3v) is 7.01. The average Bonchev–Trinajstić information content (AvgIpc) is 2.93. The van der Waals surface area contributed by atoms with E-state index < -0.39 is 16.0 Å². The van der Waals surface area contributed by atoms with Crippen molar-refractivity contribution >= 4 is 21.8 Å². The van der Waals surface area contributed by atoms with Crippen molar-refractivity contribution in [3.63, 3.8) is 0 Å². The predicted molar refractivity (Wildman–Crippen MR) is 98.0 cm³/mol. The van der Waals surface area contributed by atoms with Gasteiger partial charge in [-0.2, -0.15) is 4.31 Å². The Morgan fingerprint density at radius 1 is 1.19 bits per heavy atom. The molecule has 1 aromatic heterocycles. The van der Waals surface area contributed by atoms with E-state index in [1.54, 1.807) is 4.31 Å². The van der Waals surface area contributed by atoms with Gasteiger partial charge in [-0.3, -0.25) is 0 Å². The lowest BCUT2D eigenvalue weighted by Gasteiger charge is -2.36. The average molecular weight is 382 g/mol. The van der Waals surface area contributed by atoms with Gasteiger partial charge in [0, 0.05) is 37.2 Å². The smallest absolute Gasteiger partial charge is 0.374 e. The molecule has 0 atom stereocenters. The Bertz CT molecular complexity index is 795. The van der Waals surface area contributed by atoms with Gasteiger partial charge in [0.05, 0.1) is 11.4 Å². The number of carbonyl (C=O) groups is 1. The number of rotatable bonds is 3. The fourth-order valence-electron chi connectivity index (χ4n) is 3.53. The minimum atomic E-state index is -3.10. The maximum absolute atomic E-state index is 12.1. The molecule has 8 nitrogen and oxygen atoms in total. The van der Waals surface area contributed by atoms with Gasteiger partial charge in [0.1, 0.15) is 5.82 Å². The molecule has 9 heteroatoms. The Labute approximate surface area is 154 Å². The number of anilines is 1. The Balaban J connectivity index is 1.79. The Hall–Kier alpha value is -1.74. The molecule has 0 spiro atoms. The first-order valence-corrected chi connectivity index (χ1v) is 10.6. The number of carboxylic acids is 1. The van der Waals surface area contributed by atoms with Crippen molar-refractivity contribution in [1.82, 2.24) is 14.3 Å². The van der Waals surface area contributed by atoms with E-state index in [1.807, 2.05) is 31.7 Å². The van der Waals surface area contributed by atoms with E-state index in [4.69, 9.17) is 0 Å². The van der Waals surface area contributed by atoms with Crippen LogP contribution in [0.4, 0.5) is 5.82 Å². The van der Waals surface area contributed by atoms with E-state index in [-0.39, 0.29) is 23.0 Å². The second kappa shape index (κ2) is 6.77. The van der Waals surface area contributed by atoms with E-state index in [0.29, 0.717) is 37.6 Å². The zero-order valence-electron chi connectivity index (χ0n) is 15.5. The van der Waals surface area contributed by atoms with Gasteiger partial charge < -0.3 is 10.0 Å². The summed E-state index contributed by atoms with van der Waals surface area (Å²) in [5, 5.41) is 9.32. The topological polar surface area (TPSA) is 104 Å². The minimum absolute atomic E-state index is 0.0293. The zero-order valence-corrected chi connectivity index (χ0v) is 16.3. The monoisotopic (exact) mass is 382 g/mol. The summed E-state index contributed by atoms with van der Waals surface area (Å²) in [6.07, 6.45) is 2.14.